The molecule has 168 valence electrons. The zero-order chi connectivity index (χ0) is 22.1. The summed E-state index contributed by atoms with van der Waals surface area (Å²) in [5.74, 6) is -1.13. The van der Waals surface area contributed by atoms with E-state index < -0.39 is 21.7 Å². The standard InChI is InChI=1S/C21H31F2N3O3S/c1-21(15-12-16(22)14-17(23)13-15)8-4-18(5-9-21)24-20(27)25(2)19-6-10-26(11-7-19)30(3,28)29/h12-14,18-19H,4-11H2,1-3H3,(H,24,27)/t18-,21+. The van der Waals surface area contributed by atoms with E-state index in [1.165, 1.54) is 22.7 Å². The van der Waals surface area contributed by atoms with Crippen molar-refractivity contribution in [3.8, 4) is 0 Å². The molecule has 1 saturated heterocycles. The lowest BCUT2D eigenvalue weighted by Crippen LogP contribution is -2.52. The van der Waals surface area contributed by atoms with Gasteiger partial charge in [-0.2, -0.15) is 0 Å². The van der Waals surface area contributed by atoms with E-state index in [4.69, 9.17) is 0 Å². The molecule has 0 unspecified atom stereocenters. The van der Waals surface area contributed by atoms with Gasteiger partial charge in [-0.3, -0.25) is 0 Å². The molecule has 9 heteroatoms. The van der Waals surface area contributed by atoms with E-state index in [0.717, 1.165) is 31.7 Å². The molecular formula is C21H31F2N3O3S. The van der Waals surface area contributed by atoms with Crippen LogP contribution in [0.4, 0.5) is 13.6 Å². The smallest absolute Gasteiger partial charge is 0.317 e. The van der Waals surface area contributed by atoms with Crippen LogP contribution in [0.25, 0.3) is 0 Å². The number of amides is 2. The van der Waals surface area contributed by atoms with Crippen molar-refractivity contribution in [2.75, 3.05) is 26.4 Å². The summed E-state index contributed by atoms with van der Waals surface area (Å²) in [5.41, 5.74) is 0.355. The van der Waals surface area contributed by atoms with Gasteiger partial charge in [-0.1, -0.05) is 6.92 Å². The van der Waals surface area contributed by atoms with Gasteiger partial charge in [-0.25, -0.2) is 26.3 Å². The van der Waals surface area contributed by atoms with Crippen LogP contribution in [0.5, 0.6) is 0 Å². The third-order valence-corrected chi connectivity index (χ3v) is 8.04. The summed E-state index contributed by atoms with van der Waals surface area (Å²) < 4.78 is 52.0. The van der Waals surface area contributed by atoms with Gasteiger partial charge in [-0.15, -0.1) is 0 Å². The summed E-state index contributed by atoms with van der Waals surface area (Å²) in [6.45, 7) is 2.86. The molecule has 0 radical (unpaired) electrons. The first kappa shape index (κ1) is 22.9. The Morgan fingerprint density at radius 1 is 1.10 bits per heavy atom. The van der Waals surface area contributed by atoms with Gasteiger partial charge in [0.2, 0.25) is 10.0 Å². The fourth-order valence-corrected chi connectivity index (χ4v) is 5.47. The van der Waals surface area contributed by atoms with Crippen molar-refractivity contribution in [1.82, 2.24) is 14.5 Å². The van der Waals surface area contributed by atoms with Gasteiger partial charge in [0.15, 0.2) is 0 Å². The first-order chi connectivity index (χ1) is 14.0. The molecule has 0 atom stereocenters. The highest BCUT2D eigenvalue weighted by Crippen LogP contribution is 2.39. The second-order valence-electron chi connectivity index (χ2n) is 8.95. The van der Waals surface area contributed by atoms with E-state index in [2.05, 4.69) is 5.32 Å². The molecule has 1 aliphatic carbocycles. The number of rotatable bonds is 4. The SMILES string of the molecule is CN(C(=O)N[C@H]1CC[C@@](C)(c2cc(F)cc(F)c2)CC1)C1CCN(S(C)(=O)=O)CC1. The number of hydrogen-bond acceptors (Lipinski definition) is 3. The van der Waals surface area contributed by atoms with Crippen LogP contribution in [0.2, 0.25) is 0 Å². The number of benzene rings is 1. The van der Waals surface area contributed by atoms with Crippen LogP contribution in [0.3, 0.4) is 0 Å². The fourth-order valence-electron chi connectivity index (χ4n) is 4.59. The molecule has 2 fully saturated rings. The Balaban J connectivity index is 1.51. The minimum absolute atomic E-state index is 0.00660. The maximum atomic E-state index is 13.6. The van der Waals surface area contributed by atoms with E-state index in [0.29, 0.717) is 31.5 Å². The van der Waals surface area contributed by atoms with E-state index in [9.17, 15) is 22.0 Å². The highest BCUT2D eigenvalue weighted by molar-refractivity contribution is 7.88. The second kappa shape index (κ2) is 8.78. The van der Waals surface area contributed by atoms with Crippen molar-refractivity contribution in [3.63, 3.8) is 0 Å². The number of nitrogens with one attached hydrogen (secondary N) is 1. The number of urea groups is 1. The second-order valence-corrected chi connectivity index (χ2v) is 10.9. The molecule has 1 N–H and O–H groups in total. The summed E-state index contributed by atoms with van der Waals surface area (Å²) >= 11 is 0. The predicted octanol–water partition coefficient (Wildman–Crippen LogP) is 3.23. The van der Waals surface area contributed by atoms with Gasteiger partial charge in [0.05, 0.1) is 6.26 Å². The molecule has 1 aromatic carbocycles. The van der Waals surface area contributed by atoms with Crippen molar-refractivity contribution in [1.29, 1.82) is 0 Å². The Hall–Kier alpha value is -1.74. The van der Waals surface area contributed by atoms with Crippen molar-refractivity contribution >= 4 is 16.1 Å². The Morgan fingerprint density at radius 3 is 2.13 bits per heavy atom. The highest BCUT2D eigenvalue weighted by atomic mass is 32.2. The number of sulfonamides is 1. The van der Waals surface area contributed by atoms with Gasteiger partial charge < -0.3 is 10.2 Å². The first-order valence-electron chi connectivity index (χ1n) is 10.4. The molecule has 0 bridgehead atoms. The third-order valence-electron chi connectivity index (χ3n) is 6.74. The van der Waals surface area contributed by atoms with Gasteiger partial charge in [0, 0.05) is 38.3 Å². The normalized spacial score (nSPS) is 26.4. The Bertz CT molecular complexity index is 857. The monoisotopic (exact) mass is 443 g/mol. The topological polar surface area (TPSA) is 69.7 Å². The molecule has 1 heterocycles. The number of nitrogens with zero attached hydrogens (tertiary/aromatic N) is 2. The van der Waals surface area contributed by atoms with E-state index in [1.807, 2.05) is 6.92 Å². The molecule has 2 aliphatic rings. The van der Waals surface area contributed by atoms with Crippen LogP contribution >= 0.6 is 0 Å². The van der Waals surface area contributed by atoms with E-state index in [-0.39, 0.29) is 23.5 Å². The van der Waals surface area contributed by atoms with E-state index in [1.54, 1.807) is 11.9 Å². The molecule has 1 saturated carbocycles. The van der Waals surface area contributed by atoms with Crippen LogP contribution in [-0.2, 0) is 15.4 Å². The van der Waals surface area contributed by atoms with E-state index >= 15 is 0 Å². The highest BCUT2D eigenvalue weighted by Gasteiger charge is 2.35. The Labute approximate surface area is 177 Å². The quantitative estimate of drug-likeness (QED) is 0.777. The average molecular weight is 444 g/mol. The molecule has 0 aromatic heterocycles. The minimum Gasteiger partial charge on any atom is -0.335 e. The van der Waals surface area contributed by atoms with Gasteiger partial charge in [-0.05, 0) is 61.6 Å². The Morgan fingerprint density at radius 2 is 1.63 bits per heavy atom. The van der Waals surface area contributed by atoms with Crippen LogP contribution < -0.4 is 5.32 Å². The lowest BCUT2D eigenvalue weighted by Gasteiger charge is -2.40. The predicted molar refractivity (Wildman–Crippen MR) is 112 cm³/mol. The van der Waals surface area contributed by atoms with Gasteiger partial charge >= 0.3 is 6.03 Å². The number of hydrogen-bond donors (Lipinski definition) is 1. The number of carbonyl (C=O) groups is 1. The number of halogens is 2. The maximum Gasteiger partial charge on any atom is 0.317 e. The minimum atomic E-state index is -3.19. The van der Waals surface area contributed by atoms with Crippen LogP contribution in [0, 0.1) is 11.6 Å². The molecule has 1 aliphatic heterocycles. The summed E-state index contributed by atoms with van der Waals surface area (Å²) in [6, 6.07) is 3.56. The maximum absolute atomic E-state index is 13.6. The fraction of sp³-hybridized carbons (Fsp3) is 0.667. The molecule has 6 nitrogen and oxygen atoms in total. The summed E-state index contributed by atoms with van der Waals surface area (Å²) in [6.07, 6.45) is 5.38. The van der Waals surface area contributed by atoms with Gasteiger partial charge in [0.1, 0.15) is 11.6 Å². The van der Waals surface area contributed by atoms with Crippen LogP contribution in [-0.4, -0.2) is 62.1 Å². The van der Waals surface area contributed by atoms with Gasteiger partial charge in [0.25, 0.3) is 0 Å². The first-order valence-corrected chi connectivity index (χ1v) is 12.3. The van der Waals surface area contributed by atoms with Crippen LogP contribution in [0.15, 0.2) is 18.2 Å². The third kappa shape index (κ3) is 5.29. The molecule has 3 rings (SSSR count). The zero-order valence-corrected chi connectivity index (χ0v) is 18.6. The summed E-state index contributed by atoms with van der Waals surface area (Å²) in [4.78, 5) is 14.4. The molecule has 1 aromatic rings. The van der Waals surface area contributed by atoms with Crippen LogP contribution in [0.1, 0.15) is 51.0 Å². The Kier molecular flexibility index (Phi) is 6.72. The largest absolute Gasteiger partial charge is 0.335 e. The molecule has 30 heavy (non-hydrogen) atoms. The lowest BCUT2D eigenvalue weighted by atomic mass is 9.69. The molecule has 0 spiro atoms. The lowest BCUT2D eigenvalue weighted by molar-refractivity contribution is 0.155. The molecule has 2 amide bonds. The molecular weight excluding hydrogens is 412 g/mol. The number of carbonyl (C=O) groups excluding carboxylic acids is 1. The zero-order valence-electron chi connectivity index (χ0n) is 17.8. The summed E-state index contributed by atoms with van der Waals surface area (Å²) in [5, 5.41) is 3.08. The van der Waals surface area contributed by atoms with Crippen molar-refractivity contribution < 1.29 is 22.0 Å². The summed E-state index contributed by atoms with van der Waals surface area (Å²) in [7, 11) is -1.44. The number of piperidine rings is 1. The van der Waals surface area contributed by atoms with Crippen molar-refractivity contribution in [2.24, 2.45) is 0 Å². The average Bonchev–Trinajstić information content (AvgIpc) is 2.68. The van der Waals surface area contributed by atoms with Crippen molar-refractivity contribution in [2.45, 2.75) is 62.9 Å². The van der Waals surface area contributed by atoms with Crippen molar-refractivity contribution in [3.05, 3.63) is 35.4 Å².